The molecule has 0 aliphatic heterocycles. The van der Waals surface area contributed by atoms with Gasteiger partial charge in [0, 0.05) is 11.4 Å². The van der Waals surface area contributed by atoms with E-state index >= 15 is 0 Å². The molecule has 0 atom stereocenters. The fourth-order valence-electron chi connectivity index (χ4n) is 0.703. The predicted octanol–water partition coefficient (Wildman–Crippen LogP) is 1.35. The van der Waals surface area contributed by atoms with Gasteiger partial charge in [0.15, 0.2) is 0 Å². The summed E-state index contributed by atoms with van der Waals surface area (Å²) in [4.78, 5) is 8.02. The molecule has 2 nitrogen and oxygen atoms in total. The lowest BCUT2D eigenvalue weighted by molar-refractivity contribution is 0.975. The molecule has 0 saturated carbocycles. The molecule has 0 bridgehead atoms. The number of aryl methyl sites for hydroxylation is 2. The molecule has 0 aliphatic carbocycles. The van der Waals surface area contributed by atoms with Crippen LogP contribution >= 0.6 is 0 Å². The van der Waals surface area contributed by atoms with Crippen LogP contribution in [0.4, 0.5) is 0 Å². The Balaban J connectivity index is 2.94. The molecule has 0 aromatic carbocycles. The van der Waals surface area contributed by atoms with Crippen molar-refractivity contribution in [2.75, 3.05) is 0 Å². The molecule has 0 fully saturated rings. The molecule has 1 aromatic rings. The molecule has 0 saturated heterocycles. The van der Waals surface area contributed by atoms with Crippen LogP contribution in [0.2, 0.25) is 0 Å². The van der Waals surface area contributed by atoms with Gasteiger partial charge in [-0.05, 0) is 19.4 Å². The quantitative estimate of drug-likeness (QED) is 0.562. The number of aromatic nitrogens is 2. The fourth-order valence-corrected chi connectivity index (χ4v) is 0.703. The molecular weight excluding hydrogens is 112 g/mol. The highest BCUT2D eigenvalue weighted by molar-refractivity contribution is 5.05. The minimum atomic E-state index is 0.989. The third-order valence-corrected chi connectivity index (χ3v) is 1.22. The van der Waals surface area contributed by atoms with E-state index in [2.05, 4.69) is 16.9 Å². The SMILES string of the molecule is CCc1cc(C)ncn1. The average Bonchev–Trinajstić information content (AvgIpc) is 1.88. The summed E-state index contributed by atoms with van der Waals surface area (Å²) in [6.07, 6.45) is 2.59. The minimum Gasteiger partial charge on any atom is -0.242 e. The Labute approximate surface area is 55.0 Å². The summed E-state index contributed by atoms with van der Waals surface area (Å²) in [7, 11) is 0. The maximum absolute atomic E-state index is 4.05. The van der Waals surface area contributed by atoms with E-state index in [0.29, 0.717) is 0 Å². The molecule has 48 valence electrons. The number of nitrogens with zero attached hydrogens (tertiary/aromatic N) is 2. The summed E-state index contributed by atoms with van der Waals surface area (Å²) >= 11 is 0. The van der Waals surface area contributed by atoms with E-state index in [1.165, 1.54) is 0 Å². The Morgan fingerprint density at radius 3 is 2.67 bits per heavy atom. The summed E-state index contributed by atoms with van der Waals surface area (Å²) < 4.78 is 0. The second-order valence-corrected chi connectivity index (χ2v) is 2.00. The number of hydrogen-bond acceptors (Lipinski definition) is 2. The first kappa shape index (κ1) is 6.20. The smallest absolute Gasteiger partial charge is 0.115 e. The minimum absolute atomic E-state index is 0.989. The molecule has 9 heavy (non-hydrogen) atoms. The van der Waals surface area contributed by atoms with Crippen molar-refractivity contribution in [1.29, 1.82) is 0 Å². The van der Waals surface area contributed by atoms with E-state index < -0.39 is 0 Å². The lowest BCUT2D eigenvalue weighted by Gasteiger charge is -1.93. The Kier molecular flexibility index (Phi) is 1.78. The van der Waals surface area contributed by atoms with E-state index in [-0.39, 0.29) is 0 Å². The van der Waals surface area contributed by atoms with Gasteiger partial charge in [0.25, 0.3) is 0 Å². The summed E-state index contributed by atoms with van der Waals surface area (Å²) in [6.45, 7) is 4.06. The van der Waals surface area contributed by atoms with Crippen LogP contribution in [0.15, 0.2) is 12.4 Å². The van der Waals surface area contributed by atoms with Crippen molar-refractivity contribution in [2.45, 2.75) is 20.3 Å². The van der Waals surface area contributed by atoms with Gasteiger partial charge in [-0.2, -0.15) is 0 Å². The van der Waals surface area contributed by atoms with Crippen molar-refractivity contribution in [2.24, 2.45) is 0 Å². The molecule has 0 radical (unpaired) electrons. The summed E-state index contributed by atoms with van der Waals surface area (Å²) in [5.74, 6) is 0. The summed E-state index contributed by atoms with van der Waals surface area (Å²) in [5, 5.41) is 0. The van der Waals surface area contributed by atoms with Crippen molar-refractivity contribution in [3.63, 3.8) is 0 Å². The van der Waals surface area contributed by atoms with Crippen molar-refractivity contribution < 1.29 is 0 Å². The van der Waals surface area contributed by atoms with Gasteiger partial charge in [-0.25, -0.2) is 9.97 Å². The Morgan fingerprint density at radius 2 is 2.22 bits per heavy atom. The molecule has 0 unspecified atom stereocenters. The van der Waals surface area contributed by atoms with Crippen molar-refractivity contribution in [1.82, 2.24) is 9.97 Å². The summed E-state index contributed by atoms with van der Waals surface area (Å²) in [6, 6.07) is 2.00. The monoisotopic (exact) mass is 122 g/mol. The first-order chi connectivity index (χ1) is 4.33. The van der Waals surface area contributed by atoms with Crippen molar-refractivity contribution >= 4 is 0 Å². The second kappa shape index (κ2) is 2.58. The largest absolute Gasteiger partial charge is 0.242 e. The number of hydrogen-bond donors (Lipinski definition) is 0. The van der Waals surface area contributed by atoms with Crippen molar-refractivity contribution in [3.05, 3.63) is 23.8 Å². The molecule has 2 heteroatoms. The zero-order valence-corrected chi connectivity index (χ0v) is 5.76. The van der Waals surface area contributed by atoms with E-state index in [1.807, 2.05) is 13.0 Å². The highest BCUT2D eigenvalue weighted by Gasteiger charge is 1.88. The van der Waals surface area contributed by atoms with Crippen molar-refractivity contribution in [3.8, 4) is 0 Å². The van der Waals surface area contributed by atoms with Crippen LogP contribution in [0, 0.1) is 6.92 Å². The standard InChI is InChI=1S/C7H10N2/c1-3-7-4-6(2)8-5-9-7/h4-5H,3H2,1-2H3. The molecule has 1 heterocycles. The first-order valence-corrected chi connectivity index (χ1v) is 3.10. The lowest BCUT2D eigenvalue weighted by atomic mass is 10.3. The van der Waals surface area contributed by atoms with Crippen LogP contribution in [0.3, 0.4) is 0 Å². The summed E-state index contributed by atoms with van der Waals surface area (Å²) in [5.41, 5.74) is 2.16. The molecule has 0 aliphatic rings. The van der Waals surface area contributed by atoms with Crippen LogP contribution in [0.5, 0.6) is 0 Å². The maximum atomic E-state index is 4.05. The highest BCUT2D eigenvalue weighted by Crippen LogP contribution is 1.95. The van der Waals surface area contributed by atoms with Gasteiger partial charge in [0.05, 0.1) is 0 Å². The fraction of sp³-hybridized carbons (Fsp3) is 0.429. The van der Waals surface area contributed by atoms with E-state index in [4.69, 9.17) is 0 Å². The Bertz CT molecular complexity index is 196. The van der Waals surface area contributed by atoms with Gasteiger partial charge in [-0.15, -0.1) is 0 Å². The normalized spacial score (nSPS) is 9.56. The lowest BCUT2D eigenvalue weighted by Crippen LogP contribution is -1.89. The molecule has 0 spiro atoms. The van der Waals surface area contributed by atoms with Gasteiger partial charge >= 0.3 is 0 Å². The van der Waals surface area contributed by atoms with Crippen LogP contribution in [-0.4, -0.2) is 9.97 Å². The second-order valence-electron chi connectivity index (χ2n) is 2.00. The zero-order chi connectivity index (χ0) is 6.69. The molecule has 1 aromatic heterocycles. The molecular formula is C7H10N2. The van der Waals surface area contributed by atoms with Gasteiger partial charge in [-0.1, -0.05) is 6.92 Å². The highest BCUT2D eigenvalue weighted by atomic mass is 14.8. The van der Waals surface area contributed by atoms with E-state index in [9.17, 15) is 0 Å². The van der Waals surface area contributed by atoms with Crippen LogP contribution < -0.4 is 0 Å². The van der Waals surface area contributed by atoms with Gasteiger partial charge in [0.2, 0.25) is 0 Å². The maximum Gasteiger partial charge on any atom is 0.115 e. The van der Waals surface area contributed by atoms with Gasteiger partial charge in [0.1, 0.15) is 6.33 Å². The van der Waals surface area contributed by atoms with E-state index in [1.54, 1.807) is 6.33 Å². The topological polar surface area (TPSA) is 25.8 Å². The molecule has 0 amide bonds. The van der Waals surface area contributed by atoms with Gasteiger partial charge in [-0.3, -0.25) is 0 Å². The van der Waals surface area contributed by atoms with Crippen LogP contribution in [0.1, 0.15) is 18.3 Å². The van der Waals surface area contributed by atoms with Crippen LogP contribution in [-0.2, 0) is 6.42 Å². The van der Waals surface area contributed by atoms with Gasteiger partial charge < -0.3 is 0 Å². The first-order valence-electron chi connectivity index (χ1n) is 3.10. The third kappa shape index (κ3) is 1.49. The van der Waals surface area contributed by atoms with E-state index in [0.717, 1.165) is 17.8 Å². The Hall–Kier alpha value is -0.920. The average molecular weight is 122 g/mol. The number of rotatable bonds is 1. The zero-order valence-electron chi connectivity index (χ0n) is 5.76. The predicted molar refractivity (Wildman–Crippen MR) is 36.1 cm³/mol. The van der Waals surface area contributed by atoms with Crippen LogP contribution in [0.25, 0.3) is 0 Å². The third-order valence-electron chi connectivity index (χ3n) is 1.22. The Morgan fingerprint density at radius 1 is 1.44 bits per heavy atom. The molecule has 0 N–H and O–H groups in total. The molecule has 1 rings (SSSR count).